The van der Waals surface area contributed by atoms with Gasteiger partial charge >= 0.3 is 6.09 Å². The first kappa shape index (κ1) is 22.9. The van der Waals surface area contributed by atoms with Crippen LogP contribution < -0.4 is 10.1 Å². The van der Waals surface area contributed by atoms with E-state index in [0.717, 1.165) is 13.0 Å². The van der Waals surface area contributed by atoms with Crippen molar-refractivity contribution in [3.05, 3.63) is 64.7 Å². The Morgan fingerprint density at radius 1 is 1.12 bits per heavy atom. The lowest BCUT2D eigenvalue weighted by atomic mass is 9.97. The third-order valence-electron chi connectivity index (χ3n) is 6.03. The molecule has 0 unspecified atom stereocenters. The van der Waals surface area contributed by atoms with Gasteiger partial charge in [0.1, 0.15) is 23.6 Å². The summed E-state index contributed by atoms with van der Waals surface area (Å²) in [5, 5.41) is 14.8. The maximum absolute atomic E-state index is 12.6. The first-order valence-corrected chi connectivity index (χ1v) is 11.5. The Kier molecular flexibility index (Phi) is 6.65. The number of hydrogen-bond donors (Lipinski definition) is 2. The number of carbonyl (C=O) groups excluding carboxylic acids is 1. The largest absolute Gasteiger partial charge is 0.486 e. The summed E-state index contributed by atoms with van der Waals surface area (Å²) in [6.07, 6.45) is -0.438. The second kappa shape index (κ2) is 9.30. The summed E-state index contributed by atoms with van der Waals surface area (Å²) in [6.45, 7) is 7.00. The number of rotatable bonds is 4. The van der Waals surface area contributed by atoms with Crippen molar-refractivity contribution in [3.63, 3.8) is 0 Å². The van der Waals surface area contributed by atoms with Gasteiger partial charge in [0.15, 0.2) is 0 Å². The zero-order valence-electron chi connectivity index (χ0n) is 18.8. The molecular weight excluding hydrogens is 428 g/mol. The molecule has 1 aliphatic heterocycles. The lowest BCUT2D eigenvalue weighted by Gasteiger charge is -2.38. The number of amides is 1. The zero-order valence-corrected chi connectivity index (χ0v) is 19.5. The zero-order chi connectivity index (χ0) is 22.9. The first-order valence-electron chi connectivity index (χ1n) is 11.1. The number of benzene rings is 2. The minimum absolute atomic E-state index is 0.302. The second-order valence-electron chi connectivity index (χ2n) is 9.55. The minimum atomic E-state index is -0.795. The van der Waals surface area contributed by atoms with Gasteiger partial charge < -0.3 is 19.9 Å². The summed E-state index contributed by atoms with van der Waals surface area (Å²) in [4.78, 5) is 14.8. The smallest absolute Gasteiger partial charge is 0.407 e. The Balaban J connectivity index is 1.55. The molecule has 2 aromatic carbocycles. The maximum Gasteiger partial charge on any atom is 0.407 e. The molecule has 32 heavy (non-hydrogen) atoms. The highest BCUT2D eigenvalue weighted by Crippen LogP contribution is 2.34. The fourth-order valence-electron chi connectivity index (χ4n) is 4.65. The molecule has 2 aromatic rings. The van der Waals surface area contributed by atoms with Gasteiger partial charge in [0, 0.05) is 19.5 Å². The summed E-state index contributed by atoms with van der Waals surface area (Å²) in [5.41, 5.74) is 1.98. The van der Waals surface area contributed by atoms with Crippen molar-refractivity contribution in [1.29, 1.82) is 0 Å². The number of fused-ring (bicyclic) bond motifs is 1. The molecule has 1 fully saturated rings. The molecule has 1 aliphatic carbocycles. The molecular formula is C25H31ClN2O4. The van der Waals surface area contributed by atoms with Crippen molar-refractivity contribution in [2.24, 2.45) is 0 Å². The van der Waals surface area contributed by atoms with Crippen LogP contribution in [0.4, 0.5) is 4.79 Å². The highest BCUT2D eigenvalue weighted by Gasteiger charge is 2.48. The molecule has 172 valence electrons. The molecule has 6 nitrogen and oxygen atoms in total. The summed E-state index contributed by atoms with van der Waals surface area (Å²) in [6, 6.07) is 15.0. The van der Waals surface area contributed by atoms with Crippen molar-refractivity contribution >= 4 is 17.7 Å². The SMILES string of the molecule is CC(C)(C)OC(=O)N[C@@H]1C[C@@H](Oc2ccccc2Cl)[C@H](O)[C@H]1N1CCc2ccccc2C1. The highest BCUT2D eigenvalue weighted by molar-refractivity contribution is 6.32. The second-order valence-corrected chi connectivity index (χ2v) is 9.95. The van der Waals surface area contributed by atoms with E-state index in [4.69, 9.17) is 21.1 Å². The quantitative estimate of drug-likeness (QED) is 0.719. The number of halogens is 1. The molecule has 2 aliphatic rings. The number of alkyl carbamates (subject to hydrolysis) is 1. The van der Waals surface area contributed by atoms with Gasteiger partial charge in [-0.1, -0.05) is 48.0 Å². The van der Waals surface area contributed by atoms with Gasteiger partial charge in [-0.25, -0.2) is 4.79 Å². The van der Waals surface area contributed by atoms with Crippen LogP contribution >= 0.6 is 11.6 Å². The average molecular weight is 459 g/mol. The molecule has 1 amide bonds. The molecule has 1 heterocycles. The van der Waals surface area contributed by atoms with Crippen LogP contribution in [0.25, 0.3) is 0 Å². The van der Waals surface area contributed by atoms with Crippen molar-refractivity contribution in [2.45, 2.75) is 70.1 Å². The Hall–Kier alpha value is -2.28. The van der Waals surface area contributed by atoms with Crippen LogP contribution in [0.2, 0.25) is 5.02 Å². The van der Waals surface area contributed by atoms with E-state index in [9.17, 15) is 9.90 Å². The molecule has 4 atom stereocenters. The fraction of sp³-hybridized carbons (Fsp3) is 0.480. The molecule has 1 saturated carbocycles. The van der Waals surface area contributed by atoms with E-state index >= 15 is 0 Å². The van der Waals surface area contributed by atoms with Gasteiger partial charge in [0.25, 0.3) is 0 Å². The molecule has 0 saturated heterocycles. The van der Waals surface area contributed by atoms with Crippen LogP contribution in [-0.2, 0) is 17.7 Å². The van der Waals surface area contributed by atoms with Gasteiger partial charge in [0.2, 0.25) is 0 Å². The van der Waals surface area contributed by atoms with E-state index in [-0.39, 0.29) is 12.1 Å². The number of carbonyl (C=O) groups is 1. The van der Waals surface area contributed by atoms with Crippen LogP contribution in [0, 0.1) is 0 Å². The highest BCUT2D eigenvalue weighted by atomic mass is 35.5. The third-order valence-corrected chi connectivity index (χ3v) is 6.34. The summed E-state index contributed by atoms with van der Waals surface area (Å²) >= 11 is 6.28. The van der Waals surface area contributed by atoms with E-state index in [2.05, 4.69) is 28.4 Å². The summed E-state index contributed by atoms with van der Waals surface area (Å²) < 4.78 is 11.6. The topological polar surface area (TPSA) is 71.0 Å². The van der Waals surface area contributed by atoms with Gasteiger partial charge in [0.05, 0.1) is 17.1 Å². The minimum Gasteiger partial charge on any atom is -0.486 e. The van der Waals surface area contributed by atoms with E-state index < -0.39 is 23.9 Å². The number of para-hydroxylation sites is 1. The van der Waals surface area contributed by atoms with E-state index in [1.54, 1.807) is 12.1 Å². The third kappa shape index (κ3) is 5.20. The first-order chi connectivity index (χ1) is 15.2. The van der Waals surface area contributed by atoms with Crippen molar-refractivity contribution < 1.29 is 19.4 Å². The lowest BCUT2D eigenvalue weighted by Crippen LogP contribution is -2.55. The number of nitrogens with zero attached hydrogens (tertiary/aromatic N) is 1. The standard InChI is InChI=1S/C25H31ClN2O4/c1-25(2,3)32-24(30)27-19-14-21(31-20-11-7-6-10-18(20)26)23(29)22(19)28-13-12-16-8-4-5-9-17(16)15-28/h4-11,19,21-23,29H,12-15H2,1-3H3,(H,27,30)/t19-,21-,22+,23+/m1/s1. The maximum atomic E-state index is 12.6. The van der Waals surface area contributed by atoms with Crippen LogP contribution in [0.3, 0.4) is 0 Å². The van der Waals surface area contributed by atoms with Crippen molar-refractivity contribution in [1.82, 2.24) is 10.2 Å². The molecule has 0 bridgehead atoms. The monoisotopic (exact) mass is 458 g/mol. The summed E-state index contributed by atoms with van der Waals surface area (Å²) in [5.74, 6) is 0.527. The van der Waals surface area contributed by atoms with Gasteiger partial charge in [-0.3, -0.25) is 4.90 Å². The predicted molar refractivity (Wildman–Crippen MR) is 124 cm³/mol. The average Bonchev–Trinajstić information content (AvgIpc) is 3.02. The van der Waals surface area contributed by atoms with Crippen LogP contribution in [0.5, 0.6) is 5.75 Å². The Bertz CT molecular complexity index is 961. The summed E-state index contributed by atoms with van der Waals surface area (Å²) in [7, 11) is 0. The fourth-order valence-corrected chi connectivity index (χ4v) is 4.83. The lowest BCUT2D eigenvalue weighted by molar-refractivity contribution is 0.00106. The normalized spacial score (nSPS) is 25.8. The van der Waals surface area contributed by atoms with Crippen LogP contribution in [-0.4, -0.2) is 52.5 Å². The number of nitrogens with one attached hydrogen (secondary N) is 1. The Morgan fingerprint density at radius 2 is 1.81 bits per heavy atom. The van der Waals surface area contributed by atoms with Crippen LogP contribution in [0.15, 0.2) is 48.5 Å². The van der Waals surface area contributed by atoms with Gasteiger partial charge in [-0.15, -0.1) is 0 Å². The predicted octanol–water partition coefficient (Wildman–Crippen LogP) is 4.17. The van der Waals surface area contributed by atoms with Crippen LogP contribution in [0.1, 0.15) is 38.3 Å². The van der Waals surface area contributed by atoms with E-state index in [0.29, 0.717) is 23.7 Å². The van der Waals surface area contributed by atoms with E-state index in [1.165, 1.54) is 11.1 Å². The molecule has 4 rings (SSSR count). The molecule has 0 spiro atoms. The molecule has 2 N–H and O–H groups in total. The number of aliphatic hydroxyl groups is 1. The molecule has 7 heteroatoms. The number of ether oxygens (including phenoxy) is 2. The molecule has 0 radical (unpaired) electrons. The van der Waals surface area contributed by atoms with E-state index in [1.807, 2.05) is 39.0 Å². The van der Waals surface area contributed by atoms with Crippen molar-refractivity contribution in [2.75, 3.05) is 6.54 Å². The Morgan fingerprint density at radius 3 is 2.53 bits per heavy atom. The van der Waals surface area contributed by atoms with Gasteiger partial charge in [-0.05, 0) is 50.5 Å². The molecule has 0 aromatic heterocycles. The number of hydrogen-bond acceptors (Lipinski definition) is 5. The van der Waals surface area contributed by atoms with Crippen molar-refractivity contribution in [3.8, 4) is 5.75 Å². The Labute approximate surface area is 194 Å². The van der Waals surface area contributed by atoms with Gasteiger partial charge in [-0.2, -0.15) is 0 Å². The number of aliphatic hydroxyl groups excluding tert-OH is 1.